The second-order valence-electron chi connectivity index (χ2n) is 4.33. The molecule has 14 heavy (non-hydrogen) atoms. The molecule has 1 amide bonds. The molecular formula is C10H21N3O. The molecule has 4 nitrogen and oxygen atoms in total. The van der Waals surface area contributed by atoms with E-state index in [-0.39, 0.29) is 0 Å². The molecule has 1 fully saturated rings. The molecule has 82 valence electrons. The normalized spacial score (nSPS) is 22.4. The van der Waals surface area contributed by atoms with E-state index in [0.29, 0.717) is 6.04 Å². The molecule has 1 aliphatic heterocycles. The minimum Gasteiger partial charge on any atom is -0.344 e. The maximum Gasteiger partial charge on any atom is 0.209 e. The van der Waals surface area contributed by atoms with Crippen LogP contribution in [0.25, 0.3) is 0 Å². The fourth-order valence-corrected chi connectivity index (χ4v) is 1.76. The van der Waals surface area contributed by atoms with Crippen molar-refractivity contribution in [3.63, 3.8) is 0 Å². The molecule has 0 aromatic heterocycles. The largest absolute Gasteiger partial charge is 0.344 e. The van der Waals surface area contributed by atoms with E-state index < -0.39 is 0 Å². The van der Waals surface area contributed by atoms with E-state index in [1.165, 1.54) is 0 Å². The van der Waals surface area contributed by atoms with Gasteiger partial charge in [0, 0.05) is 32.2 Å². The molecule has 0 aromatic carbocycles. The number of nitrogens with zero attached hydrogens (tertiary/aromatic N) is 3. The lowest BCUT2D eigenvalue weighted by Crippen LogP contribution is -2.38. The Labute approximate surface area is 86.5 Å². The summed E-state index contributed by atoms with van der Waals surface area (Å²) in [6.07, 6.45) is 2.07. The molecule has 0 bridgehead atoms. The highest BCUT2D eigenvalue weighted by Gasteiger charge is 2.24. The number of carbonyl (C=O) groups excluding carboxylic acids is 1. The van der Waals surface area contributed by atoms with Crippen molar-refractivity contribution < 1.29 is 4.79 Å². The Kier molecular flexibility index (Phi) is 4.35. The summed E-state index contributed by atoms with van der Waals surface area (Å²) in [5.41, 5.74) is 0. The van der Waals surface area contributed by atoms with Gasteiger partial charge >= 0.3 is 0 Å². The van der Waals surface area contributed by atoms with Crippen LogP contribution in [0.5, 0.6) is 0 Å². The molecule has 0 spiro atoms. The third-order valence-corrected chi connectivity index (χ3v) is 2.87. The summed E-state index contributed by atoms with van der Waals surface area (Å²) in [6.45, 7) is 3.96. The zero-order valence-corrected chi connectivity index (χ0v) is 9.44. The van der Waals surface area contributed by atoms with Gasteiger partial charge in [0.25, 0.3) is 0 Å². The number of amides is 1. The number of likely N-dealkylation sites (tertiary alicyclic amines) is 1. The average Bonchev–Trinajstić information content (AvgIpc) is 2.62. The van der Waals surface area contributed by atoms with Gasteiger partial charge in [-0.1, -0.05) is 0 Å². The Hall–Kier alpha value is -0.610. The minimum atomic E-state index is 0.556. The van der Waals surface area contributed by atoms with Gasteiger partial charge in [-0.15, -0.1) is 0 Å². The molecule has 1 rings (SSSR count). The van der Waals surface area contributed by atoms with E-state index in [0.717, 1.165) is 39.0 Å². The highest BCUT2D eigenvalue weighted by atomic mass is 16.1. The van der Waals surface area contributed by atoms with Gasteiger partial charge in [-0.25, -0.2) is 0 Å². The number of hydrogen-bond acceptors (Lipinski definition) is 3. The Morgan fingerprint density at radius 2 is 2.07 bits per heavy atom. The Morgan fingerprint density at radius 1 is 1.36 bits per heavy atom. The summed E-state index contributed by atoms with van der Waals surface area (Å²) in [7, 11) is 6.31. The van der Waals surface area contributed by atoms with Crippen LogP contribution in [-0.4, -0.2) is 74.5 Å². The lowest BCUT2D eigenvalue weighted by Gasteiger charge is -2.25. The first-order chi connectivity index (χ1) is 6.63. The van der Waals surface area contributed by atoms with Crippen molar-refractivity contribution in [2.45, 2.75) is 12.5 Å². The Balaban J connectivity index is 2.24. The van der Waals surface area contributed by atoms with Crippen LogP contribution in [-0.2, 0) is 4.79 Å². The van der Waals surface area contributed by atoms with Crippen LogP contribution in [0.3, 0.4) is 0 Å². The van der Waals surface area contributed by atoms with E-state index in [1.807, 2.05) is 4.90 Å². The lowest BCUT2D eigenvalue weighted by atomic mass is 10.2. The first-order valence-corrected chi connectivity index (χ1v) is 5.18. The van der Waals surface area contributed by atoms with Crippen LogP contribution in [0.1, 0.15) is 6.42 Å². The fourth-order valence-electron chi connectivity index (χ4n) is 1.76. The predicted octanol–water partition coefficient (Wildman–Crippen LogP) is -0.289. The molecule has 1 heterocycles. The van der Waals surface area contributed by atoms with E-state index in [9.17, 15) is 4.79 Å². The molecule has 0 saturated carbocycles. The number of carbonyl (C=O) groups is 1. The van der Waals surface area contributed by atoms with E-state index in [2.05, 4.69) is 30.9 Å². The third kappa shape index (κ3) is 3.27. The minimum absolute atomic E-state index is 0.556. The maximum atomic E-state index is 10.5. The second kappa shape index (κ2) is 5.32. The summed E-state index contributed by atoms with van der Waals surface area (Å²) < 4.78 is 0. The van der Waals surface area contributed by atoms with Crippen LogP contribution in [0, 0.1) is 0 Å². The molecule has 1 atom stereocenters. The van der Waals surface area contributed by atoms with Gasteiger partial charge in [0.15, 0.2) is 0 Å². The second-order valence-corrected chi connectivity index (χ2v) is 4.33. The van der Waals surface area contributed by atoms with Crippen LogP contribution >= 0.6 is 0 Å². The summed E-state index contributed by atoms with van der Waals surface area (Å²) in [4.78, 5) is 16.9. The molecule has 0 radical (unpaired) electrons. The van der Waals surface area contributed by atoms with Gasteiger partial charge in [-0.2, -0.15) is 0 Å². The molecule has 4 heteroatoms. The summed E-state index contributed by atoms with van der Waals surface area (Å²) >= 11 is 0. The SMILES string of the molecule is CN(C)CCN(C)[C@H]1CCN(C=O)C1. The Bertz CT molecular complexity index is 184. The van der Waals surface area contributed by atoms with Crippen molar-refractivity contribution in [2.75, 3.05) is 47.3 Å². The van der Waals surface area contributed by atoms with Crippen LogP contribution in [0.15, 0.2) is 0 Å². The molecule has 0 aliphatic carbocycles. The zero-order valence-electron chi connectivity index (χ0n) is 9.44. The van der Waals surface area contributed by atoms with Gasteiger partial charge in [0.1, 0.15) is 0 Å². The van der Waals surface area contributed by atoms with Crippen molar-refractivity contribution >= 4 is 6.41 Å². The monoisotopic (exact) mass is 199 g/mol. The van der Waals surface area contributed by atoms with Gasteiger partial charge in [-0.3, -0.25) is 4.79 Å². The van der Waals surface area contributed by atoms with Crippen LogP contribution in [0.4, 0.5) is 0 Å². The van der Waals surface area contributed by atoms with Crippen molar-refractivity contribution in [3.05, 3.63) is 0 Å². The van der Waals surface area contributed by atoms with Gasteiger partial charge in [0.2, 0.25) is 6.41 Å². The summed E-state index contributed by atoms with van der Waals surface area (Å²) in [5.74, 6) is 0. The highest BCUT2D eigenvalue weighted by Crippen LogP contribution is 2.12. The topological polar surface area (TPSA) is 26.8 Å². The first kappa shape index (κ1) is 11.5. The van der Waals surface area contributed by atoms with Crippen molar-refractivity contribution in [2.24, 2.45) is 0 Å². The van der Waals surface area contributed by atoms with E-state index >= 15 is 0 Å². The number of hydrogen-bond donors (Lipinski definition) is 0. The predicted molar refractivity (Wildman–Crippen MR) is 57.2 cm³/mol. The van der Waals surface area contributed by atoms with Crippen molar-refractivity contribution in [1.82, 2.24) is 14.7 Å². The van der Waals surface area contributed by atoms with Crippen molar-refractivity contribution in [3.8, 4) is 0 Å². The highest BCUT2D eigenvalue weighted by molar-refractivity contribution is 5.47. The average molecular weight is 199 g/mol. The van der Waals surface area contributed by atoms with Crippen LogP contribution in [0.2, 0.25) is 0 Å². The van der Waals surface area contributed by atoms with E-state index in [1.54, 1.807) is 0 Å². The standard InChI is InChI=1S/C10H21N3O/c1-11(2)6-7-12(3)10-4-5-13(8-10)9-14/h9-10H,4-8H2,1-3H3/t10-/m0/s1. The molecule has 0 unspecified atom stereocenters. The first-order valence-electron chi connectivity index (χ1n) is 5.18. The van der Waals surface area contributed by atoms with E-state index in [4.69, 9.17) is 0 Å². The number of rotatable bonds is 5. The Morgan fingerprint density at radius 3 is 2.57 bits per heavy atom. The maximum absolute atomic E-state index is 10.5. The lowest BCUT2D eigenvalue weighted by molar-refractivity contribution is -0.117. The van der Waals surface area contributed by atoms with Gasteiger partial charge in [0.05, 0.1) is 0 Å². The third-order valence-electron chi connectivity index (χ3n) is 2.87. The zero-order chi connectivity index (χ0) is 10.6. The number of likely N-dealkylation sites (N-methyl/N-ethyl adjacent to an activating group) is 2. The molecule has 0 aromatic rings. The molecular weight excluding hydrogens is 178 g/mol. The molecule has 0 N–H and O–H groups in total. The molecule has 1 aliphatic rings. The smallest absolute Gasteiger partial charge is 0.209 e. The molecule has 1 saturated heterocycles. The van der Waals surface area contributed by atoms with Gasteiger partial charge in [-0.05, 0) is 27.6 Å². The van der Waals surface area contributed by atoms with Crippen LogP contribution < -0.4 is 0 Å². The fraction of sp³-hybridized carbons (Fsp3) is 0.900. The quantitative estimate of drug-likeness (QED) is 0.569. The van der Waals surface area contributed by atoms with Gasteiger partial charge < -0.3 is 14.7 Å². The summed E-state index contributed by atoms with van der Waals surface area (Å²) in [6, 6.07) is 0.556. The summed E-state index contributed by atoms with van der Waals surface area (Å²) in [5, 5.41) is 0. The van der Waals surface area contributed by atoms with Crippen molar-refractivity contribution in [1.29, 1.82) is 0 Å².